The van der Waals surface area contributed by atoms with E-state index in [9.17, 15) is 17.6 Å². The number of hydrogen-bond donors (Lipinski definition) is 0. The average Bonchev–Trinajstić information content (AvgIpc) is 2.93. The van der Waals surface area contributed by atoms with E-state index in [4.69, 9.17) is 0 Å². The molecule has 0 spiro atoms. The van der Waals surface area contributed by atoms with Crippen molar-refractivity contribution in [2.45, 2.75) is 30.7 Å². The second kappa shape index (κ2) is 6.37. The summed E-state index contributed by atoms with van der Waals surface area (Å²) in [5.74, 6) is 0.451. The van der Waals surface area contributed by atoms with Gasteiger partial charge in [-0.3, -0.25) is 0 Å². The zero-order valence-corrected chi connectivity index (χ0v) is 11.7. The van der Waals surface area contributed by atoms with Gasteiger partial charge in [-0.2, -0.15) is 18.3 Å². The van der Waals surface area contributed by atoms with Crippen molar-refractivity contribution < 1.29 is 17.6 Å². The van der Waals surface area contributed by atoms with Crippen molar-refractivity contribution in [3.8, 4) is 5.82 Å². The predicted molar refractivity (Wildman–Crippen MR) is 68.0 cm³/mol. The van der Waals surface area contributed by atoms with Crippen LogP contribution < -0.4 is 0 Å². The summed E-state index contributed by atoms with van der Waals surface area (Å²) in [4.78, 5) is 11.8. The van der Waals surface area contributed by atoms with Crippen molar-refractivity contribution in [1.82, 2.24) is 24.7 Å². The zero-order chi connectivity index (χ0) is 15.5. The number of rotatable bonds is 5. The van der Waals surface area contributed by atoms with Crippen LogP contribution in [0.15, 0.2) is 24.0 Å². The van der Waals surface area contributed by atoms with Crippen LogP contribution in [-0.4, -0.2) is 42.8 Å². The largest absolute Gasteiger partial charge is 0.419 e. The number of nitrogens with zero attached hydrogens (tertiary/aromatic N) is 5. The molecule has 2 heterocycles. The van der Waals surface area contributed by atoms with E-state index in [2.05, 4.69) is 20.1 Å². The third-order valence-corrected chi connectivity index (χ3v) is 3.74. The standard InChI is InChI=1S/C11H11F4N5S/c1-7-9(20-6-16-4-19-20)17-5-18-10(7)21-3-2-8(12)11(13,14)15/h4-6,8H,2-3H2,1H3. The highest BCUT2D eigenvalue weighted by Gasteiger charge is 2.39. The molecule has 0 aromatic carbocycles. The van der Waals surface area contributed by atoms with Gasteiger partial charge in [0, 0.05) is 11.3 Å². The van der Waals surface area contributed by atoms with Crippen LogP contribution in [0.25, 0.3) is 5.82 Å². The summed E-state index contributed by atoms with van der Waals surface area (Å²) in [5, 5.41) is 4.42. The first-order valence-corrected chi connectivity index (χ1v) is 6.88. The Kier molecular flexibility index (Phi) is 4.76. The molecule has 21 heavy (non-hydrogen) atoms. The molecule has 0 N–H and O–H groups in total. The van der Waals surface area contributed by atoms with Crippen molar-refractivity contribution >= 4 is 11.8 Å². The molecule has 0 amide bonds. The molecule has 0 aliphatic carbocycles. The molecular formula is C11H11F4N5S. The number of thioether (sulfide) groups is 1. The van der Waals surface area contributed by atoms with Crippen LogP contribution in [-0.2, 0) is 0 Å². The SMILES string of the molecule is Cc1c(SCCC(F)C(F)(F)F)ncnc1-n1cncn1. The fourth-order valence-corrected chi connectivity index (χ4v) is 2.49. The van der Waals surface area contributed by atoms with Gasteiger partial charge in [0.1, 0.15) is 24.0 Å². The van der Waals surface area contributed by atoms with E-state index < -0.39 is 18.8 Å². The van der Waals surface area contributed by atoms with Crippen molar-refractivity contribution in [3.05, 3.63) is 24.5 Å². The summed E-state index contributed by atoms with van der Waals surface area (Å²) in [6.07, 6.45) is -4.18. The fraction of sp³-hybridized carbons (Fsp3) is 0.455. The summed E-state index contributed by atoms with van der Waals surface area (Å²) in [6.45, 7) is 1.72. The normalized spacial score (nSPS) is 13.4. The predicted octanol–water partition coefficient (Wildman–Crippen LogP) is 2.75. The van der Waals surface area contributed by atoms with Crippen molar-refractivity contribution in [1.29, 1.82) is 0 Å². The minimum Gasteiger partial charge on any atom is -0.237 e. The molecule has 0 radical (unpaired) electrons. The topological polar surface area (TPSA) is 56.5 Å². The molecule has 114 valence electrons. The molecule has 2 aromatic heterocycles. The minimum absolute atomic E-state index is 0.0324. The van der Waals surface area contributed by atoms with Crippen LogP contribution in [0.3, 0.4) is 0 Å². The highest BCUT2D eigenvalue weighted by Crippen LogP contribution is 2.29. The lowest BCUT2D eigenvalue weighted by Crippen LogP contribution is -2.24. The third-order valence-electron chi connectivity index (χ3n) is 2.61. The van der Waals surface area contributed by atoms with Gasteiger partial charge in [-0.1, -0.05) is 0 Å². The zero-order valence-electron chi connectivity index (χ0n) is 10.9. The van der Waals surface area contributed by atoms with Gasteiger partial charge in [-0.25, -0.2) is 24.0 Å². The Balaban J connectivity index is 2.03. The highest BCUT2D eigenvalue weighted by molar-refractivity contribution is 7.99. The Bertz CT molecular complexity index is 587. The molecule has 5 nitrogen and oxygen atoms in total. The highest BCUT2D eigenvalue weighted by atomic mass is 32.2. The van der Waals surface area contributed by atoms with E-state index in [1.807, 2.05) is 0 Å². The molecule has 2 aromatic rings. The van der Waals surface area contributed by atoms with Gasteiger partial charge < -0.3 is 0 Å². The van der Waals surface area contributed by atoms with Gasteiger partial charge in [0.05, 0.1) is 0 Å². The summed E-state index contributed by atoms with van der Waals surface area (Å²) in [7, 11) is 0. The quantitative estimate of drug-likeness (QED) is 0.481. The minimum atomic E-state index is -4.81. The molecule has 1 atom stereocenters. The lowest BCUT2D eigenvalue weighted by Gasteiger charge is -2.12. The second-order valence-corrected chi connectivity index (χ2v) is 5.20. The van der Waals surface area contributed by atoms with E-state index >= 15 is 0 Å². The van der Waals surface area contributed by atoms with E-state index in [-0.39, 0.29) is 5.75 Å². The number of alkyl halides is 4. The van der Waals surface area contributed by atoms with Crippen molar-refractivity contribution in [3.63, 3.8) is 0 Å². The molecular weight excluding hydrogens is 310 g/mol. The van der Waals surface area contributed by atoms with E-state index in [0.717, 1.165) is 11.8 Å². The Morgan fingerprint density at radius 3 is 2.67 bits per heavy atom. The average molecular weight is 321 g/mol. The smallest absolute Gasteiger partial charge is 0.237 e. The first-order chi connectivity index (χ1) is 9.89. The monoisotopic (exact) mass is 321 g/mol. The van der Waals surface area contributed by atoms with Gasteiger partial charge >= 0.3 is 6.18 Å². The van der Waals surface area contributed by atoms with E-state index in [1.165, 1.54) is 23.7 Å². The molecule has 10 heteroatoms. The van der Waals surface area contributed by atoms with Gasteiger partial charge in [-0.05, 0) is 13.3 Å². The van der Waals surface area contributed by atoms with Gasteiger partial charge in [0.2, 0.25) is 0 Å². The van der Waals surface area contributed by atoms with Crippen LogP contribution >= 0.6 is 11.8 Å². The van der Waals surface area contributed by atoms with Crippen LogP contribution in [0, 0.1) is 6.92 Å². The lowest BCUT2D eigenvalue weighted by molar-refractivity contribution is -0.180. The summed E-state index contributed by atoms with van der Waals surface area (Å²) in [6, 6.07) is 0. The van der Waals surface area contributed by atoms with Crippen molar-refractivity contribution in [2.75, 3.05) is 5.75 Å². The molecule has 0 fully saturated rings. The van der Waals surface area contributed by atoms with Gasteiger partial charge in [0.25, 0.3) is 0 Å². The first-order valence-electron chi connectivity index (χ1n) is 5.89. The van der Waals surface area contributed by atoms with E-state index in [1.54, 1.807) is 6.92 Å². The van der Waals surface area contributed by atoms with Crippen LogP contribution in [0.2, 0.25) is 0 Å². The third kappa shape index (κ3) is 3.90. The number of aromatic nitrogens is 5. The van der Waals surface area contributed by atoms with Gasteiger partial charge in [0.15, 0.2) is 12.0 Å². The Hall–Kier alpha value is -1.71. The first kappa shape index (κ1) is 15.7. The molecule has 0 bridgehead atoms. The van der Waals surface area contributed by atoms with Gasteiger partial charge in [-0.15, -0.1) is 11.8 Å². The number of hydrogen-bond acceptors (Lipinski definition) is 5. The van der Waals surface area contributed by atoms with Crippen molar-refractivity contribution in [2.24, 2.45) is 0 Å². The maximum Gasteiger partial charge on any atom is 0.419 e. The summed E-state index contributed by atoms with van der Waals surface area (Å²) >= 11 is 1.05. The van der Waals surface area contributed by atoms with E-state index in [0.29, 0.717) is 16.4 Å². The maximum absolute atomic E-state index is 12.8. The molecule has 0 saturated heterocycles. The number of halogens is 4. The Morgan fingerprint density at radius 2 is 2.05 bits per heavy atom. The maximum atomic E-state index is 12.8. The van der Waals surface area contributed by atoms with Crippen LogP contribution in [0.1, 0.15) is 12.0 Å². The Morgan fingerprint density at radius 1 is 1.29 bits per heavy atom. The fourth-order valence-electron chi connectivity index (χ4n) is 1.54. The van der Waals surface area contributed by atoms with Crippen LogP contribution in [0.4, 0.5) is 17.6 Å². The summed E-state index contributed by atoms with van der Waals surface area (Å²) in [5.41, 5.74) is 0.649. The lowest BCUT2D eigenvalue weighted by atomic mass is 10.3. The Labute approximate surface area is 121 Å². The summed E-state index contributed by atoms with van der Waals surface area (Å²) < 4.78 is 50.5. The molecule has 2 rings (SSSR count). The van der Waals surface area contributed by atoms with Crippen LogP contribution in [0.5, 0.6) is 0 Å². The molecule has 0 aliphatic rings. The molecule has 0 saturated carbocycles. The molecule has 0 aliphatic heterocycles. The second-order valence-electron chi connectivity index (χ2n) is 4.11. The molecule has 1 unspecified atom stereocenters.